The second-order valence-corrected chi connectivity index (χ2v) is 8.09. The Kier molecular flexibility index (Phi) is 4.12. The van der Waals surface area contributed by atoms with Crippen molar-refractivity contribution in [2.75, 3.05) is 17.2 Å². The third kappa shape index (κ3) is 3.33. The van der Waals surface area contributed by atoms with Gasteiger partial charge in [0, 0.05) is 39.3 Å². The van der Waals surface area contributed by atoms with Crippen molar-refractivity contribution in [2.45, 2.75) is 6.42 Å². The van der Waals surface area contributed by atoms with E-state index in [4.69, 9.17) is 10.7 Å². The molecule has 0 aromatic carbocycles. The van der Waals surface area contributed by atoms with E-state index in [1.165, 1.54) is 0 Å². The second-order valence-electron chi connectivity index (χ2n) is 4.11. The molecule has 1 aliphatic heterocycles. The molecule has 1 aromatic rings. The van der Waals surface area contributed by atoms with Crippen molar-refractivity contribution >= 4 is 53.9 Å². The minimum Gasteiger partial charge on any atom is -0.310 e. The summed E-state index contributed by atoms with van der Waals surface area (Å²) in [5.41, 5.74) is 0.720. The van der Waals surface area contributed by atoms with E-state index in [0.29, 0.717) is 6.54 Å². The zero-order valence-corrected chi connectivity index (χ0v) is 12.9. The number of hydrogen-bond donors (Lipinski definition) is 0. The van der Waals surface area contributed by atoms with Crippen molar-refractivity contribution in [1.29, 1.82) is 0 Å². The first-order chi connectivity index (χ1) is 8.37. The van der Waals surface area contributed by atoms with Gasteiger partial charge in [0.25, 0.3) is 0 Å². The van der Waals surface area contributed by atoms with Gasteiger partial charge in [0.05, 0.1) is 17.6 Å². The van der Waals surface area contributed by atoms with Crippen LogP contribution >= 0.6 is 33.3 Å². The minimum atomic E-state index is -3.57. The topological polar surface area (TPSA) is 67.3 Å². The second kappa shape index (κ2) is 5.30. The minimum absolute atomic E-state index is 0.0915. The molecule has 1 atom stereocenters. The van der Waals surface area contributed by atoms with Crippen molar-refractivity contribution < 1.29 is 13.2 Å². The number of halogens is 2. The SMILES string of the molecule is O=C1CC(CS(=O)(=O)Cl)CN1c1cnccc1I. The molecule has 1 saturated heterocycles. The maximum Gasteiger partial charge on any atom is 0.232 e. The fourth-order valence-electron chi connectivity index (χ4n) is 1.98. The highest BCUT2D eigenvalue weighted by Crippen LogP contribution is 2.29. The Bertz CT molecular complexity index is 578. The number of nitrogens with zero attached hydrogens (tertiary/aromatic N) is 2. The molecule has 2 rings (SSSR count). The number of anilines is 1. The number of carbonyl (C=O) groups excluding carboxylic acids is 1. The van der Waals surface area contributed by atoms with Crippen molar-refractivity contribution in [3.63, 3.8) is 0 Å². The van der Waals surface area contributed by atoms with Gasteiger partial charge in [0.15, 0.2) is 0 Å². The molecule has 1 aliphatic rings. The fourth-order valence-corrected chi connectivity index (χ4v) is 3.89. The average molecular weight is 401 g/mol. The van der Waals surface area contributed by atoms with E-state index in [2.05, 4.69) is 27.6 Å². The Morgan fingerprint density at radius 3 is 2.89 bits per heavy atom. The normalized spacial score (nSPS) is 20.4. The molecule has 1 amide bonds. The lowest BCUT2D eigenvalue weighted by Crippen LogP contribution is -2.26. The summed E-state index contributed by atoms with van der Waals surface area (Å²) >= 11 is 2.12. The lowest BCUT2D eigenvalue weighted by molar-refractivity contribution is -0.117. The summed E-state index contributed by atoms with van der Waals surface area (Å²) in [7, 11) is 1.64. The fraction of sp³-hybridized carbons (Fsp3) is 0.400. The molecular formula is C10H10ClIN2O3S. The highest BCUT2D eigenvalue weighted by Gasteiger charge is 2.33. The lowest BCUT2D eigenvalue weighted by Gasteiger charge is -2.17. The van der Waals surface area contributed by atoms with Gasteiger partial charge in [-0.1, -0.05) is 0 Å². The van der Waals surface area contributed by atoms with Crippen LogP contribution in [0.4, 0.5) is 5.69 Å². The summed E-state index contributed by atoms with van der Waals surface area (Å²) in [4.78, 5) is 17.4. The molecule has 0 N–H and O–H groups in total. The van der Waals surface area contributed by atoms with Crippen LogP contribution in [0.1, 0.15) is 6.42 Å². The van der Waals surface area contributed by atoms with Crippen LogP contribution in [0, 0.1) is 9.49 Å². The third-order valence-electron chi connectivity index (χ3n) is 2.68. The van der Waals surface area contributed by atoms with E-state index < -0.39 is 9.05 Å². The van der Waals surface area contributed by atoms with Gasteiger partial charge >= 0.3 is 0 Å². The summed E-state index contributed by atoms with van der Waals surface area (Å²) in [5.74, 6) is -0.518. The molecule has 0 saturated carbocycles. The van der Waals surface area contributed by atoms with E-state index in [1.807, 2.05) is 0 Å². The van der Waals surface area contributed by atoms with E-state index in [-0.39, 0.29) is 24.0 Å². The van der Waals surface area contributed by atoms with Gasteiger partial charge in [-0.25, -0.2) is 8.42 Å². The Balaban J connectivity index is 2.18. The van der Waals surface area contributed by atoms with Crippen LogP contribution in [0.15, 0.2) is 18.5 Å². The van der Waals surface area contributed by atoms with Gasteiger partial charge in [-0.2, -0.15) is 0 Å². The van der Waals surface area contributed by atoms with Gasteiger partial charge in [0.2, 0.25) is 15.0 Å². The molecule has 0 spiro atoms. The molecule has 0 radical (unpaired) electrons. The van der Waals surface area contributed by atoms with E-state index in [1.54, 1.807) is 23.4 Å². The number of rotatable bonds is 3. The molecule has 1 fully saturated rings. The molecular weight excluding hydrogens is 391 g/mol. The zero-order valence-electron chi connectivity index (χ0n) is 9.21. The molecule has 1 aromatic heterocycles. The van der Waals surface area contributed by atoms with E-state index in [0.717, 1.165) is 9.26 Å². The third-order valence-corrected chi connectivity index (χ3v) is 4.84. The highest BCUT2D eigenvalue weighted by molar-refractivity contribution is 14.1. The number of aromatic nitrogens is 1. The first-order valence-electron chi connectivity index (χ1n) is 5.19. The summed E-state index contributed by atoms with van der Waals surface area (Å²) in [6.45, 7) is 0.368. The molecule has 1 unspecified atom stereocenters. The van der Waals surface area contributed by atoms with E-state index in [9.17, 15) is 13.2 Å². The summed E-state index contributed by atoms with van der Waals surface area (Å²) in [5, 5.41) is 0. The van der Waals surface area contributed by atoms with Crippen LogP contribution in [-0.4, -0.2) is 31.6 Å². The van der Waals surface area contributed by atoms with Gasteiger partial charge in [-0.05, 0) is 28.7 Å². The number of hydrogen-bond acceptors (Lipinski definition) is 4. The predicted octanol–water partition coefficient (Wildman–Crippen LogP) is 1.61. The lowest BCUT2D eigenvalue weighted by atomic mass is 10.1. The first-order valence-corrected chi connectivity index (χ1v) is 8.75. The molecule has 98 valence electrons. The molecule has 8 heteroatoms. The van der Waals surface area contributed by atoms with Crippen molar-refractivity contribution in [3.05, 3.63) is 22.0 Å². The Labute approximate surface area is 123 Å². The molecule has 0 bridgehead atoms. The quantitative estimate of drug-likeness (QED) is 0.571. The van der Waals surface area contributed by atoms with Crippen LogP contribution in [-0.2, 0) is 13.8 Å². The Morgan fingerprint density at radius 2 is 2.28 bits per heavy atom. The van der Waals surface area contributed by atoms with Crippen molar-refractivity contribution in [3.8, 4) is 0 Å². The van der Waals surface area contributed by atoms with Crippen molar-refractivity contribution in [1.82, 2.24) is 4.98 Å². The summed E-state index contributed by atoms with van der Waals surface area (Å²) in [6, 6.07) is 1.80. The molecule has 18 heavy (non-hydrogen) atoms. The first kappa shape index (κ1) is 14.0. The number of carbonyl (C=O) groups is 1. The standard InChI is InChI=1S/C10H10ClIN2O3S/c11-18(16,17)6-7-3-10(15)14(5-7)9-4-13-2-1-8(9)12/h1-2,4,7H,3,5-6H2. The van der Waals surface area contributed by atoms with Gasteiger partial charge < -0.3 is 4.90 Å². The monoisotopic (exact) mass is 400 g/mol. The number of pyridine rings is 1. The van der Waals surface area contributed by atoms with Crippen LogP contribution in [0.5, 0.6) is 0 Å². The largest absolute Gasteiger partial charge is 0.310 e. The predicted molar refractivity (Wildman–Crippen MR) is 77.1 cm³/mol. The van der Waals surface area contributed by atoms with Crippen LogP contribution in [0.25, 0.3) is 0 Å². The highest BCUT2D eigenvalue weighted by atomic mass is 127. The maximum absolute atomic E-state index is 11.9. The van der Waals surface area contributed by atoms with E-state index >= 15 is 0 Å². The molecule has 2 heterocycles. The molecule has 5 nitrogen and oxygen atoms in total. The molecule has 0 aliphatic carbocycles. The van der Waals surface area contributed by atoms with Crippen LogP contribution in [0.2, 0.25) is 0 Å². The van der Waals surface area contributed by atoms with Gasteiger partial charge in [-0.15, -0.1) is 0 Å². The Morgan fingerprint density at radius 1 is 1.56 bits per heavy atom. The zero-order chi connectivity index (χ0) is 13.3. The Hall–Kier alpha value is -0.410. The number of amides is 1. The van der Waals surface area contributed by atoms with Gasteiger partial charge in [0.1, 0.15) is 0 Å². The maximum atomic E-state index is 11.9. The van der Waals surface area contributed by atoms with Crippen LogP contribution in [0.3, 0.4) is 0 Å². The van der Waals surface area contributed by atoms with Crippen LogP contribution < -0.4 is 4.90 Å². The summed E-state index contributed by atoms with van der Waals surface area (Å²) < 4.78 is 23.0. The summed E-state index contributed by atoms with van der Waals surface area (Å²) in [6.07, 6.45) is 3.46. The van der Waals surface area contributed by atoms with Gasteiger partial charge in [-0.3, -0.25) is 9.78 Å². The smallest absolute Gasteiger partial charge is 0.232 e. The van der Waals surface area contributed by atoms with Crippen molar-refractivity contribution in [2.24, 2.45) is 5.92 Å². The average Bonchev–Trinajstić information content (AvgIpc) is 2.57.